The van der Waals surface area contributed by atoms with E-state index in [1.165, 1.54) is 11.3 Å². The second-order valence-electron chi connectivity index (χ2n) is 7.40. The predicted octanol–water partition coefficient (Wildman–Crippen LogP) is 4.84. The molecule has 2 heterocycles. The van der Waals surface area contributed by atoms with Gasteiger partial charge in [-0.25, -0.2) is 4.79 Å². The van der Waals surface area contributed by atoms with Crippen LogP contribution in [0.3, 0.4) is 0 Å². The summed E-state index contributed by atoms with van der Waals surface area (Å²) in [7, 11) is 1.61. The number of nitrogens with zero attached hydrogens (tertiary/aromatic N) is 1. The van der Waals surface area contributed by atoms with Crippen LogP contribution in [-0.4, -0.2) is 35.8 Å². The SMILES string of the molecule is CCCOC(=O)c1c(NC(=O)c2cc(-c3ccc(OC)cc3)n[nH]2)sc2c1CCCC2. The highest BCUT2D eigenvalue weighted by molar-refractivity contribution is 7.17. The van der Waals surface area contributed by atoms with E-state index in [4.69, 9.17) is 9.47 Å². The van der Waals surface area contributed by atoms with Crippen LogP contribution < -0.4 is 10.1 Å². The first-order valence-electron chi connectivity index (χ1n) is 10.4. The lowest BCUT2D eigenvalue weighted by Crippen LogP contribution is -2.16. The molecule has 7 nitrogen and oxygen atoms in total. The summed E-state index contributed by atoms with van der Waals surface area (Å²) in [6.45, 7) is 2.32. The van der Waals surface area contributed by atoms with Crippen molar-refractivity contribution >= 4 is 28.2 Å². The average molecular weight is 440 g/mol. The zero-order valence-corrected chi connectivity index (χ0v) is 18.4. The van der Waals surface area contributed by atoms with E-state index in [2.05, 4.69) is 15.5 Å². The van der Waals surface area contributed by atoms with Crippen LogP contribution in [0, 0.1) is 0 Å². The van der Waals surface area contributed by atoms with Gasteiger partial charge in [-0.3, -0.25) is 9.89 Å². The van der Waals surface area contributed by atoms with Crippen molar-refractivity contribution < 1.29 is 19.1 Å². The van der Waals surface area contributed by atoms with Crippen LogP contribution in [0.5, 0.6) is 5.75 Å². The summed E-state index contributed by atoms with van der Waals surface area (Å²) in [4.78, 5) is 26.8. The molecule has 1 aliphatic carbocycles. The van der Waals surface area contributed by atoms with E-state index < -0.39 is 0 Å². The molecule has 0 spiro atoms. The highest BCUT2D eigenvalue weighted by atomic mass is 32.1. The van der Waals surface area contributed by atoms with Gasteiger partial charge in [0.05, 0.1) is 25.0 Å². The van der Waals surface area contributed by atoms with Gasteiger partial charge in [-0.15, -0.1) is 11.3 Å². The maximum Gasteiger partial charge on any atom is 0.341 e. The third-order valence-electron chi connectivity index (χ3n) is 5.25. The van der Waals surface area contributed by atoms with Gasteiger partial charge in [0.2, 0.25) is 0 Å². The topological polar surface area (TPSA) is 93.3 Å². The van der Waals surface area contributed by atoms with Gasteiger partial charge in [0, 0.05) is 10.4 Å². The van der Waals surface area contributed by atoms with Crippen molar-refractivity contribution in [2.45, 2.75) is 39.0 Å². The summed E-state index contributed by atoms with van der Waals surface area (Å²) in [5, 5.41) is 10.5. The number of rotatable bonds is 7. The number of ether oxygens (including phenoxy) is 2. The number of H-pyrrole nitrogens is 1. The van der Waals surface area contributed by atoms with Gasteiger partial charge in [0.15, 0.2) is 0 Å². The molecule has 1 aliphatic rings. The molecule has 31 heavy (non-hydrogen) atoms. The monoisotopic (exact) mass is 439 g/mol. The predicted molar refractivity (Wildman–Crippen MR) is 120 cm³/mol. The van der Waals surface area contributed by atoms with Crippen LogP contribution in [0.15, 0.2) is 30.3 Å². The lowest BCUT2D eigenvalue weighted by atomic mass is 9.95. The Balaban J connectivity index is 1.56. The lowest BCUT2D eigenvalue weighted by Gasteiger charge is -2.12. The van der Waals surface area contributed by atoms with Crippen molar-refractivity contribution in [2.24, 2.45) is 0 Å². The molecule has 2 N–H and O–H groups in total. The third-order valence-corrected chi connectivity index (χ3v) is 6.46. The van der Waals surface area contributed by atoms with Gasteiger partial charge in [-0.2, -0.15) is 5.10 Å². The molecule has 0 saturated heterocycles. The van der Waals surface area contributed by atoms with Crippen molar-refractivity contribution in [3.8, 4) is 17.0 Å². The van der Waals surface area contributed by atoms with Gasteiger partial charge < -0.3 is 14.8 Å². The number of carbonyl (C=O) groups is 2. The Labute approximate surface area is 184 Å². The standard InChI is InChI=1S/C23H25N3O4S/c1-3-12-30-23(28)20-16-6-4-5-7-19(16)31-22(20)24-21(27)18-13-17(25-26-18)14-8-10-15(29-2)11-9-14/h8-11,13H,3-7,12H2,1-2H3,(H,24,27)(H,25,26). The Hall–Kier alpha value is -3.13. The lowest BCUT2D eigenvalue weighted by molar-refractivity contribution is 0.0505. The fraction of sp³-hybridized carbons (Fsp3) is 0.348. The minimum absolute atomic E-state index is 0.324. The van der Waals surface area contributed by atoms with E-state index in [1.807, 2.05) is 31.2 Å². The number of fused-ring (bicyclic) bond motifs is 1. The molecule has 3 aromatic rings. The van der Waals surface area contributed by atoms with Crippen LogP contribution in [0.4, 0.5) is 5.00 Å². The second kappa shape index (κ2) is 9.34. The number of thiophene rings is 1. The number of hydrogen-bond acceptors (Lipinski definition) is 6. The molecule has 0 fully saturated rings. The highest BCUT2D eigenvalue weighted by Gasteiger charge is 2.27. The van der Waals surface area contributed by atoms with Gasteiger partial charge in [0.1, 0.15) is 16.4 Å². The van der Waals surface area contributed by atoms with Gasteiger partial charge in [-0.05, 0) is 68.0 Å². The fourth-order valence-electron chi connectivity index (χ4n) is 3.65. The maximum atomic E-state index is 12.9. The molecule has 0 aliphatic heterocycles. The maximum absolute atomic E-state index is 12.9. The Morgan fingerprint density at radius 3 is 2.71 bits per heavy atom. The van der Waals surface area contributed by atoms with Gasteiger partial charge >= 0.3 is 5.97 Å². The number of aromatic nitrogens is 2. The molecule has 0 saturated carbocycles. The zero-order chi connectivity index (χ0) is 21.8. The summed E-state index contributed by atoms with van der Waals surface area (Å²) in [5.74, 6) is 0.0527. The van der Waals surface area contributed by atoms with Crippen molar-refractivity contribution in [1.82, 2.24) is 10.2 Å². The molecule has 4 rings (SSSR count). The summed E-state index contributed by atoms with van der Waals surface area (Å²) in [6, 6.07) is 9.14. The van der Waals surface area contributed by atoms with Gasteiger partial charge in [-0.1, -0.05) is 6.92 Å². The van der Waals surface area contributed by atoms with E-state index >= 15 is 0 Å². The molecule has 1 amide bonds. The Morgan fingerprint density at radius 1 is 1.19 bits per heavy atom. The molecule has 8 heteroatoms. The van der Waals surface area contributed by atoms with Crippen molar-refractivity contribution in [3.63, 3.8) is 0 Å². The number of amides is 1. The molecule has 0 bridgehead atoms. The summed E-state index contributed by atoms with van der Waals surface area (Å²) >= 11 is 1.47. The summed E-state index contributed by atoms with van der Waals surface area (Å²) < 4.78 is 10.6. The summed E-state index contributed by atoms with van der Waals surface area (Å²) in [6.07, 6.45) is 4.65. The number of methoxy groups -OCH3 is 1. The number of anilines is 1. The molecule has 0 atom stereocenters. The van der Waals surface area contributed by atoms with Crippen molar-refractivity contribution in [2.75, 3.05) is 19.0 Å². The molecule has 1 aromatic carbocycles. The summed E-state index contributed by atoms with van der Waals surface area (Å²) in [5.41, 5.74) is 3.38. The Morgan fingerprint density at radius 2 is 1.97 bits per heavy atom. The van der Waals surface area contributed by atoms with Crippen molar-refractivity contribution in [3.05, 3.63) is 52.0 Å². The Kier molecular flexibility index (Phi) is 6.36. The first-order chi connectivity index (χ1) is 15.1. The molecule has 0 unspecified atom stereocenters. The van der Waals surface area contributed by atoms with E-state index in [0.29, 0.717) is 28.6 Å². The van der Waals surface area contributed by atoms with E-state index in [1.54, 1.807) is 13.2 Å². The second-order valence-corrected chi connectivity index (χ2v) is 8.51. The molecular weight excluding hydrogens is 414 g/mol. The highest BCUT2D eigenvalue weighted by Crippen LogP contribution is 2.39. The smallest absolute Gasteiger partial charge is 0.341 e. The minimum Gasteiger partial charge on any atom is -0.497 e. The number of benzene rings is 1. The number of aryl methyl sites for hydroxylation is 1. The zero-order valence-electron chi connectivity index (χ0n) is 17.6. The minimum atomic E-state index is -0.361. The fourth-order valence-corrected chi connectivity index (χ4v) is 4.93. The third kappa shape index (κ3) is 4.49. The Bertz CT molecular complexity index is 1080. The number of esters is 1. The molecular formula is C23H25N3O4S. The van der Waals surface area contributed by atoms with Crippen LogP contribution in [0.25, 0.3) is 11.3 Å². The quantitative estimate of drug-likeness (QED) is 0.514. The average Bonchev–Trinajstić information content (AvgIpc) is 3.42. The van der Waals surface area contributed by atoms with E-state index in [0.717, 1.165) is 53.9 Å². The largest absolute Gasteiger partial charge is 0.497 e. The number of carbonyl (C=O) groups excluding carboxylic acids is 2. The first kappa shape index (κ1) is 21.1. The molecule has 162 valence electrons. The number of nitrogens with one attached hydrogen (secondary N) is 2. The van der Waals surface area contributed by atoms with Crippen LogP contribution in [0.2, 0.25) is 0 Å². The molecule has 2 aromatic heterocycles. The van der Waals surface area contributed by atoms with Crippen LogP contribution >= 0.6 is 11.3 Å². The van der Waals surface area contributed by atoms with Gasteiger partial charge in [0.25, 0.3) is 5.91 Å². The van der Waals surface area contributed by atoms with Crippen LogP contribution in [-0.2, 0) is 17.6 Å². The van der Waals surface area contributed by atoms with E-state index in [-0.39, 0.29) is 11.9 Å². The number of hydrogen-bond donors (Lipinski definition) is 2. The van der Waals surface area contributed by atoms with E-state index in [9.17, 15) is 9.59 Å². The normalized spacial score (nSPS) is 12.8. The molecule has 0 radical (unpaired) electrons. The van der Waals surface area contributed by atoms with Crippen LogP contribution in [0.1, 0.15) is 57.5 Å². The number of aromatic amines is 1. The first-order valence-corrected chi connectivity index (χ1v) is 11.2. The van der Waals surface area contributed by atoms with Crippen molar-refractivity contribution in [1.29, 1.82) is 0 Å².